The molecule has 0 unspecified atom stereocenters. The zero-order valence-electron chi connectivity index (χ0n) is 15.6. The fraction of sp³-hybridized carbons (Fsp3) is 0.136. The third kappa shape index (κ3) is 3.77. The van der Waals surface area contributed by atoms with Gasteiger partial charge in [0.2, 0.25) is 0 Å². The monoisotopic (exact) mass is 482 g/mol. The number of rotatable bonds is 4. The Labute approximate surface area is 176 Å². The van der Waals surface area contributed by atoms with Crippen molar-refractivity contribution >= 4 is 45.2 Å². The van der Waals surface area contributed by atoms with Crippen LogP contribution >= 0.6 is 22.6 Å². The van der Waals surface area contributed by atoms with Crippen LogP contribution in [-0.4, -0.2) is 20.9 Å². The van der Waals surface area contributed by atoms with Crippen LogP contribution in [0, 0.1) is 3.57 Å². The highest BCUT2D eigenvalue weighted by Crippen LogP contribution is 2.21. The van der Waals surface area contributed by atoms with Gasteiger partial charge in [-0.15, -0.1) is 10.2 Å². The van der Waals surface area contributed by atoms with Crippen LogP contribution in [0.25, 0.3) is 16.7 Å². The van der Waals surface area contributed by atoms with Crippen molar-refractivity contribution in [1.29, 1.82) is 0 Å². The van der Waals surface area contributed by atoms with Crippen LogP contribution < -0.4 is 5.32 Å². The molecule has 0 fully saturated rings. The SMILES string of the molecule is CC(C)c1ccc(-n2nc3ccc(NC(=O)c4ccccc4I)cc3n2)cc1. The second kappa shape index (κ2) is 7.71. The quantitative estimate of drug-likeness (QED) is 0.397. The zero-order valence-corrected chi connectivity index (χ0v) is 17.7. The smallest absolute Gasteiger partial charge is 0.256 e. The standard InChI is InChI=1S/C22H19IN4O/c1-14(2)15-7-10-17(11-8-15)27-25-20-12-9-16(13-21(20)26-27)24-22(28)18-5-3-4-6-19(18)23/h3-14H,1-2H3,(H,24,28). The topological polar surface area (TPSA) is 59.8 Å². The Kier molecular flexibility index (Phi) is 5.13. The lowest BCUT2D eigenvalue weighted by molar-refractivity contribution is 0.102. The lowest BCUT2D eigenvalue weighted by Gasteiger charge is -2.06. The van der Waals surface area contributed by atoms with Gasteiger partial charge >= 0.3 is 0 Å². The molecule has 3 aromatic carbocycles. The molecule has 1 amide bonds. The fourth-order valence-electron chi connectivity index (χ4n) is 2.94. The number of nitrogens with zero attached hydrogens (tertiary/aromatic N) is 3. The number of aromatic nitrogens is 3. The van der Waals surface area contributed by atoms with Crippen molar-refractivity contribution in [3.05, 3.63) is 81.4 Å². The van der Waals surface area contributed by atoms with Crippen molar-refractivity contribution in [2.75, 3.05) is 5.32 Å². The van der Waals surface area contributed by atoms with Crippen LogP contribution in [0.15, 0.2) is 66.7 Å². The second-order valence-electron chi connectivity index (χ2n) is 6.87. The van der Waals surface area contributed by atoms with Crippen molar-refractivity contribution in [3.63, 3.8) is 0 Å². The summed E-state index contributed by atoms with van der Waals surface area (Å²) in [6, 6.07) is 21.3. The van der Waals surface area contributed by atoms with E-state index in [1.807, 2.05) is 54.6 Å². The van der Waals surface area contributed by atoms with Gasteiger partial charge in [0.05, 0.1) is 11.3 Å². The van der Waals surface area contributed by atoms with Gasteiger partial charge in [-0.2, -0.15) is 4.80 Å². The number of benzene rings is 3. The maximum atomic E-state index is 12.5. The van der Waals surface area contributed by atoms with E-state index < -0.39 is 0 Å². The van der Waals surface area contributed by atoms with Crippen LogP contribution in [0.5, 0.6) is 0 Å². The molecule has 0 radical (unpaired) electrons. The molecule has 0 saturated heterocycles. The van der Waals surface area contributed by atoms with Gasteiger partial charge in [-0.05, 0) is 76.5 Å². The number of carbonyl (C=O) groups excluding carboxylic acids is 1. The highest BCUT2D eigenvalue weighted by atomic mass is 127. The number of amides is 1. The first-order valence-electron chi connectivity index (χ1n) is 9.04. The molecule has 0 spiro atoms. The highest BCUT2D eigenvalue weighted by molar-refractivity contribution is 14.1. The summed E-state index contributed by atoms with van der Waals surface area (Å²) in [5.74, 6) is 0.346. The molecule has 0 aliphatic rings. The van der Waals surface area contributed by atoms with Gasteiger partial charge in [0.25, 0.3) is 5.91 Å². The van der Waals surface area contributed by atoms with E-state index in [2.05, 4.69) is 64.1 Å². The number of hydrogen-bond acceptors (Lipinski definition) is 3. The van der Waals surface area contributed by atoms with E-state index in [0.717, 1.165) is 20.3 Å². The summed E-state index contributed by atoms with van der Waals surface area (Å²) in [5.41, 5.74) is 5.04. The first-order valence-corrected chi connectivity index (χ1v) is 10.1. The van der Waals surface area contributed by atoms with E-state index in [9.17, 15) is 4.79 Å². The molecule has 1 aromatic heterocycles. The molecule has 28 heavy (non-hydrogen) atoms. The van der Waals surface area contributed by atoms with Gasteiger partial charge in [-0.3, -0.25) is 4.79 Å². The van der Waals surface area contributed by atoms with Crippen LogP contribution in [0.1, 0.15) is 35.7 Å². The van der Waals surface area contributed by atoms with Crippen molar-refractivity contribution < 1.29 is 4.79 Å². The van der Waals surface area contributed by atoms with Crippen molar-refractivity contribution in [3.8, 4) is 5.69 Å². The Bertz CT molecular complexity index is 1150. The minimum Gasteiger partial charge on any atom is -0.322 e. The summed E-state index contributed by atoms with van der Waals surface area (Å²) in [5, 5.41) is 12.0. The summed E-state index contributed by atoms with van der Waals surface area (Å²) in [7, 11) is 0. The van der Waals surface area contributed by atoms with Gasteiger partial charge in [0, 0.05) is 9.26 Å². The number of nitrogens with one attached hydrogen (secondary N) is 1. The Balaban J connectivity index is 1.60. The molecule has 6 heteroatoms. The third-order valence-corrected chi connectivity index (χ3v) is 5.49. The van der Waals surface area contributed by atoms with Crippen molar-refractivity contribution in [2.45, 2.75) is 19.8 Å². The largest absolute Gasteiger partial charge is 0.322 e. The Morgan fingerprint density at radius 3 is 2.39 bits per heavy atom. The molecule has 0 atom stereocenters. The highest BCUT2D eigenvalue weighted by Gasteiger charge is 2.11. The van der Waals surface area contributed by atoms with Gasteiger partial charge < -0.3 is 5.32 Å². The second-order valence-corrected chi connectivity index (χ2v) is 8.04. The molecule has 5 nitrogen and oxygen atoms in total. The van der Waals surface area contributed by atoms with Crippen LogP contribution in [0.3, 0.4) is 0 Å². The summed E-state index contributed by atoms with van der Waals surface area (Å²) >= 11 is 2.16. The number of anilines is 1. The fourth-order valence-corrected chi connectivity index (χ4v) is 3.58. The molecule has 4 aromatic rings. The summed E-state index contributed by atoms with van der Waals surface area (Å²) in [4.78, 5) is 14.2. The molecule has 4 rings (SSSR count). The van der Waals surface area contributed by atoms with Crippen LogP contribution in [-0.2, 0) is 0 Å². The van der Waals surface area contributed by atoms with E-state index in [4.69, 9.17) is 0 Å². The zero-order chi connectivity index (χ0) is 19.7. The first kappa shape index (κ1) is 18.6. The van der Waals surface area contributed by atoms with Crippen molar-refractivity contribution in [1.82, 2.24) is 15.0 Å². The van der Waals surface area contributed by atoms with E-state index in [0.29, 0.717) is 17.2 Å². The van der Waals surface area contributed by atoms with Crippen LogP contribution in [0.2, 0.25) is 0 Å². The molecule has 0 bridgehead atoms. The number of hydrogen-bond donors (Lipinski definition) is 1. The molecule has 0 aliphatic heterocycles. The summed E-state index contributed by atoms with van der Waals surface area (Å²) < 4.78 is 0.912. The van der Waals surface area contributed by atoms with E-state index in [1.54, 1.807) is 4.80 Å². The molecule has 0 aliphatic carbocycles. The van der Waals surface area contributed by atoms with Gasteiger partial charge in [-0.1, -0.05) is 38.1 Å². The lowest BCUT2D eigenvalue weighted by Crippen LogP contribution is -2.13. The normalized spacial score (nSPS) is 11.1. The number of carbonyl (C=O) groups is 1. The minimum atomic E-state index is -0.138. The predicted molar refractivity (Wildman–Crippen MR) is 120 cm³/mol. The Morgan fingerprint density at radius 2 is 1.68 bits per heavy atom. The lowest BCUT2D eigenvalue weighted by atomic mass is 10.0. The first-order chi connectivity index (χ1) is 13.5. The van der Waals surface area contributed by atoms with E-state index in [1.165, 1.54) is 5.56 Å². The molecule has 1 N–H and O–H groups in total. The Hall–Kier alpha value is -2.74. The van der Waals surface area contributed by atoms with Crippen molar-refractivity contribution in [2.24, 2.45) is 0 Å². The molecule has 0 saturated carbocycles. The number of halogens is 1. The maximum Gasteiger partial charge on any atom is 0.256 e. The summed E-state index contributed by atoms with van der Waals surface area (Å²) in [6.07, 6.45) is 0. The molecule has 140 valence electrons. The van der Waals surface area contributed by atoms with E-state index >= 15 is 0 Å². The van der Waals surface area contributed by atoms with E-state index in [-0.39, 0.29) is 5.91 Å². The molecular weight excluding hydrogens is 463 g/mol. The van der Waals surface area contributed by atoms with Crippen LogP contribution in [0.4, 0.5) is 5.69 Å². The Morgan fingerprint density at radius 1 is 0.964 bits per heavy atom. The predicted octanol–water partition coefficient (Wildman–Crippen LogP) is 5.40. The third-order valence-electron chi connectivity index (χ3n) is 4.55. The average Bonchev–Trinajstić information content (AvgIpc) is 3.11. The molecular formula is C22H19IN4O. The maximum absolute atomic E-state index is 12.5. The molecule has 1 heterocycles. The number of fused-ring (bicyclic) bond motifs is 1. The van der Waals surface area contributed by atoms with Gasteiger partial charge in [0.15, 0.2) is 0 Å². The average molecular weight is 482 g/mol. The summed E-state index contributed by atoms with van der Waals surface area (Å²) in [6.45, 7) is 4.34. The van der Waals surface area contributed by atoms with Gasteiger partial charge in [-0.25, -0.2) is 0 Å². The minimum absolute atomic E-state index is 0.138. The van der Waals surface area contributed by atoms with Gasteiger partial charge in [0.1, 0.15) is 11.0 Å².